The molecule has 0 aliphatic rings. The third kappa shape index (κ3) is 3.43. The lowest BCUT2D eigenvalue weighted by Crippen LogP contribution is -2.31. The summed E-state index contributed by atoms with van der Waals surface area (Å²) in [6, 6.07) is 5.82. The molecule has 1 heterocycles. The molecule has 0 spiro atoms. The van der Waals surface area contributed by atoms with Gasteiger partial charge in [0.15, 0.2) is 5.69 Å². The van der Waals surface area contributed by atoms with E-state index >= 15 is 0 Å². The largest absolute Gasteiger partial charge is 0.321 e. The number of benzene rings is 1. The van der Waals surface area contributed by atoms with Crippen molar-refractivity contribution in [3.05, 3.63) is 46.5 Å². The van der Waals surface area contributed by atoms with Crippen LogP contribution < -0.4 is 4.72 Å². The van der Waals surface area contributed by atoms with Crippen molar-refractivity contribution in [2.75, 3.05) is 0 Å². The molecular formula is C13H13Cl2N3O3S. The standard InChI is InChI=1S/C13H13Cl2N3O3S/c1-2-7-18-8-16-11(12(18)15)13(19)17-22(20,21)10-6-4-3-5-9(10)14/h3-6,8H,2,7H2,1H3,(H,17,19). The second kappa shape index (κ2) is 6.68. The molecule has 0 aliphatic carbocycles. The fourth-order valence-corrected chi connectivity index (χ4v) is 3.54. The van der Waals surface area contributed by atoms with Crippen molar-refractivity contribution in [2.45, 2.75) is 24.8 Å². The van der Waals surface area contributed by atoms with Gasteiger partial charge in [0.05, 0.1) is 11.3 Å². The van der Waals surface area contributed by atoms with Gasteiger partial charge in [0.2, 0.25) is 0 Å². The van der Waals surface area contributed by atoms with E-state index in [2.05, 4.69) is 4.98 Å². The number of hydrogen-bond acceptors (Lipinski definition) is 4. The molecule has 6 nitrogen and oxygen atoms in total. The highest BCUT2D eigenvalue weighted by molar-refractivity contribution is 7.90. The van der Waals surface area contributed by atoms with Crippen molar-refractivity contribution in [1.29, 1.82) is 0 Å². The summed E-state index contributed by atoms with van der Waals surface area (Å²) in [5.74, 6) is -0.903. The van der Waals surface area contributed by atoms with Crippen LogP contribution in [0.15, 0.2) is 35.5 Å². The van der Waals surface area contributed by atoms with Crippen molar-refractivity contribution in [3.63, 3.8) is 0 Å². The molecule has 1 amide bonds. The van der Waals surface area contributed by atoms with Crippen LogP contribution in [0.2, 0.25) is 10.2 Å². The average molecular weight is 362 g/mol. The van der Waals surface area contributed by atoms with Gasteiger partial charge in [0.25, 0.3) is 15.9 Å². The molecule has 22 heavy (non-hydrogen) atoms. The van der Waals surface area contributed by atoms with Gasteiger partial charge >= 0.3 is 0 Å². The molecule has 118 valence electrons. The number of imidazole rings is 1. The van der Waals surface area contributed by atoms with Crippen LogP contribution in [0.4, 0.5) is 0 Å². The second-order valence-corrected chi connectivity index (χ2v) is 6.86. The van der Waals surface area contributed by atoms with Crippen LogP contribution in [0.3, 0.4) is 0 Å². The topological polar surface area (TPSA) is 81.1 Å². The average Bonchev–Trinajstić information content (AvgIpc) is 2.80. The highest BCUT2D eigenvalue weighted by Gasteiger charge is 2.24. The predicted molar refractivity (Wildman–Crippen MR) is 83.6 cm³/mol. The van der Waals surface area contributed by atoms with E-state index in [0.717, 1.165) is 6.42 Å². The zero-order chi connectivity index (χ0) is 16.3. The van der Waals surface area contributed by atoms with Crippen LogP contribution >= 0.6 is 23.2 Å². The van der Waals surface area contributed by atoms with Crippen LogP contribution in [0.25, 0.3) is 0 Å². The molecule has 0 aliphatic heterocycles. The molecule has 0 radical (unpaired) electrons. The van der Waals surface area contributed by atoms with Crippen molar-refractivity contribution in [1.82, 2.24) is 14.3 Å². The maximum atomic E-state index is 12.2. The lowest BCUT2D eigenvalue weighted by Gasteiger charge is -2.07. The second-order valence-electron chi connectivity index (χ2n) is 4.44. The SMILES string of the molecule is CCCn1cnc(C(=O)NS(=O)(=O)c2ccccc2Cl)c1Cl. The van der Waals surface area contributed by atoms with Crippen LogP contribution in [0, 0.1) is 0 Å². The fourth-order valence-electron chi connectivity index (χ4n) is 1.80. The van der Waals surface area contributed by atoms with E-state index in [0.29, 0.717) is 6.54 Å². The minimum absolute atomic E-state index is 0.0189. The van der Waals surface area contributed by atoms with Gasteiger partial charge in [-0.1, -0.05) is 42.3 Å². The number of carbonyl (C=O) groups is 1. The summed E-state index contributed by atoms with van der Waals surface area (Å²) >= 11 is 11.9. The summed E-state index contributed by atoms with van der Waals surface area (Å²) in [5, 5.41) is 0.110. The molecule has 0 saturated carbocycles. The van der Waals surface area contributed by atoms with Crippen LogP contribution in [0.5, 0.6) is 0 Å². The van der Waals surface area contributed by atoms with Gasteiger partial charge in [-0.2, -0.15) is 0 Å². The molecule has 1 N–H and O–H groups in total. The Hall–Kier alpha value is -1.57. The van der Waals surface area contributed by atoms with Crippen LogP contribution in [0.1, 0.15) is 23.8 Å². The maximum absolute atomic E-state index is 12.2. The molecule has 2 aromatic rings. The Morgan fingerprint density at radius 3 is 2.64 bits per heavy atom. The molecular weight excluding hydrogens is 349 g/mol. The lowest BCUT2D eigenvalue weighted by molar-refractivity contribution is 0.0977. The minimum Gasteiger partial charge on any atom is -0.321 e. The number of nitrogens with one attached hydrogen (secondary N) is 1. The fraction of sp³-hybridized carbons (Fsp3) is 0.231. The van der Waals surface area contributed by atoms with E-state index < -0.39 is 15.9 Å². The van der Waals surface area contributed by atoms with Crippen LogP contribution in [-0.4, -0.2) is 23.9 Å². The number of rotatable bonds is 5. The Labute approximate surface area is 138 Å². The number of amides is 1. The number of sulfonamides is 1. The normalized spacial score (nSPS) is 11.4. The number of halogens is 2. The van der Waals surface area contributed by atoms with E-state index in [-0.39, 0.29) is 20.8 Å². The van der Waals surface area contributed by atoms with Crippen molar-refractivity contribution >= 4 is 39.1 Å². The molecule has 0 fully saturated rings. The number of aryl methyl sites for hydroxylation is 1. The minimum atomic E-state index is -4.10. The first kappa shape index (κ1) is 16.8. The van der Waals surface area contributed by atoms with E-state index in [4.69, 9.17) is 23.2 Å². The summed E-state index contributed by atoms with van der Waals surface area (Å²) in [4.78, 5) is 15.8. The van der Waals surface area contributed by atoms with Gasteiger partial charge in [-0.05, 0) is 18.6 Å². The Morgan fingerprint density at radius 1 is 1.32 bits per heavy atom. The number of aromatic nitrogens is 2. The molecule has 2 rings (SSSR count). The zero-order valence-corrected chi connectivity index (χ0v) is 13.9. The smallest absolute Gasteiger partial charge is 0.286 e. The van der Waals surface area contributed by atoms with Crippen molar-refractivity contribution in [2.24, 2.45) is 0 Å². The first-order chi connectivity index (χ1) is 10.4. The molecule has 0 saturated heterocycles. The molecule has 9 heteroatoms. The van der Waals surface area contributed by atoms with Gasteiger partial charge in [0, 0.05) is 6.54 Å². The van der Waals surface area contributed by atoms with Gasteiger partial charge < -0.3 is 4.57 Å². The Kier molecular flexibility index (Phi) is 5.10. The van der Waals surface area contributed by atoms with Gasteiger partial charge in [-0.25, -0.2) is 18.1 Å². The number of nitrogens with zero attached hydrogens (tertiary/aromatic N) is 2. The summed E-state index contributed by atoms with van der Waals surface area (Å²) < 4.78 is 27.9. The van der Waals surface area contributed by atoms with E-state index in [1.165, 1.54) is 24.5 Å². The Bertz CT molecular complexity index is 803. The molecule has 1 aromatic carbocycles. The molecule has 0 unspecified atom stereocenters. The number of carbonyl (C=O) groups excluding carboxylic acids is 1. The Morgan fingerprint density at radius 2 is 2.00 bits per heavy atom. The van der Waals surface area contributed by atoms with Crippen molar-refractivity contribution in [3.8, 4) is 0 Å². The van der Waals surface area contributed by atoms with E-state index in [9.17, 15) is 13.2 Å². The summed E-state index contributed by atoms with van der Waals surface area (Å²) in [5.41, 5.74) is -0.147. The monoisotopic (exact) mass is 361 g/mol. The maximum Gasteiger partial charge on any atom is 0.286 e. The summed E-state index contributed by atoms with van der Waals surface area (Å²) in [6.07, 6.45) is 2.19. The van der Waals surface area contributed by atoms with E-state index in [1.807, 2.05) is 11.6 Å². The molecule has 0 bridgehead atoms. The zero-order valence-electron chi connectivity index (χ0n) is 11.6. The quantitative estimate of drug-likeness (QED) is 0.887. The predicted octanol–water partition coefficient (Wildman–Crippen LogP) is 2.72. The number of hydrogen-bond donors (Lipinski definition) is 1. The third-order valence-corrected chi connectivity index (χ3v) is 5.03. The molecule has 1 aromatic heterocycles. The first-order valence-corrected chi connectivity index (χ1v) is 8.63. The van der Waals surface area contributed by atoms with Crippen molar-refractivity contribution < 1.29 is 13.2 Å². The highest BCUT2D eigenvalue weighted by Crippen LogP contribution is 2.21. The van der Waals surface area contributed by atoms with E-state index in [1.54, 1.807) is 10.6 Å². The summed E-state index contributed by atoms with van der Waals surface area (Å²) in [7, 11) is -4.10. The summed E-state index contributed by atoms with van der Waals surface area (Å²) in [6.45, 7) is 2.52. The van der Waals surface area contributed by atoms with Crippen LogP contribution in [-0.2, 0) is 16.6 Å². The van der Waals surface area contributed by atoms with Gasteiger partial charge in [-0.3, -0.25) is 4.79 Å². The first-order valence-electron chi connectivity index (χ1n) is 6.39. The highest BCUT2D eigenvalue weighted by atomic mass is 35.5. The third-order valence-electron chi connectivity index (χ3n) is 2.81. The lowest BCUT2D eigenvalue weighted by atomic mass is 10.4. The van der Waals surface area contributed by atoms with Gasteiger partial charge in [-0.15, -0.1) is 0 Å². The van der Waals surface area contributed by atoms with Gasteiger partial charge in [0.1, 0.15) is 10.0 Å². The Balaban J connectivity index is 2.27. The molecule has 0 atom stereocenters.